The third-order valence-corrected chi connectivity index (χ3v) is 3.13. The first-order chi connectivity index (χ1) is 11.0. The summed E-state index contributed by atoms with van der Waals surface area (Å²) in [5.74, 6) is 0.713. The van der Waals surface area contributed by atoms with Crippen LogP contribution in [0.15, 0.2) is 42.5 Å². The van der Waals surface area contributed by atoms with Crippen LogP contribution in [0.5, 0.6) is 11.5 Å². The lowest BCUT2D eigenvalue weighted by atomic mass is 10.2. The maximum atomic E-state index is 12.5. The third kappa shape index (κ3) is 5.07. The SMILES string of the molecule is COc1cccc(NC(=S)Nc2ccc(C)cc2OC(F)F)c1. The van der Waals surface area contributed by atoms with Crippen LogP contribution < -0.4 is 20.1 Å². The summed E-state index contributed by atoms with van der Waals surface area (Å²) < 4.78 is 34.6. The van der Waals surface area contributed by atoms with Crippen molar-refractivity contribution >= 4 is 28.7 Å². The molecule has 2 N–H and O–H groups in total. The fraction of sp³-hybridized carbons (Fsp3) is 0.188. The number of hydrogen-bond donors (Lipinski definition) is 2. The number of hydrogen-bond acceptors (Lipinski definition) is 3. The summed E-state index contributed by atoms with van der Waals surface area (Å²) >= 11 is 5.20. The van der Waals surface area contributed by atoms with Crippen LogP contribution in [0, 0.1) is 6.92 Å². The highest BCUT2D eigenvalue weighted by Crippen LogP contribution is 2.27. The number of benzene rings is 2. The van der Waals surface area contributed by atoms with Gasteiger partial charge < -0.3 is 20.1 Å². The molecule has 0 unspecified atom stereocenters. The molecule has 0 bridgehead atoms. The lowest BCUT2D eigenvalue weighted by Crippen LogP contribution is -2.20. The van der Waals surface area contributed by atoms with Crippen molar-refractivity contribution in [1.29, 1.82) is 0 Å². The highest BCUT2D eigenvalue weighted by Gasteiger charge is 2.11. The van der Waals surface area contributed by atoms with Gasteiger partial charge in [0.25, 0.3) is 0 Å². The van der Waals surface area contributed by atoms with E-state index in [9.17, 15) is 8.78 Å². The monoisotopic (exact) mass is 338 g/mol. The highest BCUT2D eigenvalue weighted by molar-refractivity contribution is 7.80. The second kappa shape index (κ2) is 7.73. The van der Waals surface area contributed by atoms with E-state index in [4.69, 9.17) is 17.0 Å². The van der Waals surface area contributed by atoms with E-state index in [1.54, 1.807) is 44.4 Å². The number of methoxy groups -OCH3 is 1. The molecule has 0 amide bonds. The molecule has 2 aromatic rings. The van der Waals surface area contributed by atoms with Crippen LogP contribution in [0.1, 0.15) is 5.56 Å². The molecule has 0 spiro atoms. The molecule has 0 aliphatic heterocycles. The topological polar surface area (TPSA) is 42.5 Å². The number of alkyl halides is 2. The summed E-state index contributed by atoms with van der Waals surface area (Å²) in [5, 5.41) is 6.06. The number of thiocarbonyl (C=S) groups is 1. The summed E-state index contributed by atoms with van der Waals surface area (Å²) in [5.41, 5.74) is 1.87. The van der Waals surface area contributed by atoms with E-state index >= 15 is 0 Å². The van der Waals surface area contributed by atoms with Gasteiger partial charge in [-0.25, -0.2) is 0 Å². The largest absolute Gasteiger partial charge is 0.497 e. The summed E-state index contributed by atoms with van der Waals surface area (Å²) in [7, 11) is 1.57. The van der Waals surface area contributed by atoms with Crippen LogP contribution in [-0.4, -0.2) is 18.8 Å². The third-order valence-electron chi connectivity index (χ3n) is 2.93. The lowest BCUT2D eigenvalue weighted by molar-refractivity contribution is -0.0493. The Labute approximate surface area is 138 Å². The van der Waals surface area contributed by atoms with Gasteiger partial charge in [0.2, 0.25) is 0 Å². The normalized spacial score (nSPS) is 10.3. The summed E-state index contributed by atoms with van der Waals surface area (Å²) in [6, 6.07) is 12.1. The first kappa shape index (κ1) is 17.0. The lowest BCUT2D eigenvalue weighted by Gasteiger charge is -2.15. The van der Waals surface area contributed by atoms with Crippen LogP contribution in [0.4, 0.5) is 20.2 Å². The molecule has 0 aliphatic carbocycles. The standard InChI is InChI=1S/C16H16F2N2O2S/c1-10-6-7-13(14(8-10)22-15(17)18)20-16(23)19-11-4-3-5-12(9-11)21-2/h3-9,15H,1-2H3,(H2,19,20,23). The molecule has 0 atom stereocenters. The first-order valence-electron chi connectivity index (χ1n) is 6.75. The van der Waals surface area contributed by atoms with Gasteiger partial charge >= 0.3 is 6.61 Å². The second-order valence-electron chi connectivity index (χ2n) is 4.69. The molecule has 0 saturated heterocycles. The van der Waals surface area contributed by atoms with Crippen molar-refractivity contribution in [1.82, 2.24) is 0 Å². The molecule has 4 nitrogen and oxygen atoms in total. The summed E-state index contributed by atoms with van der Waals surface area (Å²) in [6.45, 7) is -1.12. The van der Waals surface area contributed by atoms with Crippen molar-refractivity contribution in [3.63, 3.8) is 0 Å². The molecule has 0 saturated carbocycles. The molecule has 0 aliphatic rings. The minimum atomic E-state index is -2.91. The molecule has 0 fully saturated rings. The van der Waals surface area contributed by atoms with Gasteiger partial charge in [-0.05, 0) is 49.0 Å². The fourth-order valence-electron chi connectivity index (χ4n) is 1.91. The van der Waals surface area contributed by atoms with Crippen molar-refractivity contribution in [2.75, 3.05) is 17.7 Å². The van der Waals surface area contributed by atoms with Gasteiger partial charge in [0.05, 0.1) is 12.8 Å². The Morgan fingerprint density at radius 3 is 2.61 bits per heavy atom. The van der Waals surface area contributed by atoms with Gasteiger partial charge in [0.15, 0.2) is 5.11 Å². The summed E-state index contributed by atoms with van der Waals surface area (Å²) in [6.07, 6.45) is 0. The smallest absolute Gasteiger partial charge is 0.387 e. The van der Waals surface area contributed by atoms with Crippen LogP contribution in [-0.2, 0) is 0 Å². The van der Waals surface area contributed by atoms with Crippen LogP contribution in [0.25, 0.3) is 0 Å². The molecule has 2 aromatic carbocycles. The van der Waals surface area contributed by atoms with E-state index in [1.807, 2.05) is 6.07 Å². The van der Waals surface area contributed by atoms with Crippen LogP contribution >= 0.6 is 12.2 Å². The predicted molar refractivity (Wildman–Crippen MR) is 90.6 cm³/mol. The summed E-state index contributed by atoms with van der Waals surface area (Å²) in [4.78, 5) is 0. The molecule has 0 heterocycles. The highest BCUT2D eigenvalue weighted by atomic mass is 32.1. The van der Waals surface area contributed by atoms with Gasteiger partial charge in [-0.1, -0.05) is 12.1 Å². The zero-order chi connectivity index (χ0) is 16.8. The van der Waals surface area contributed by atoms with Crippen molar-refractivity contribution in [3.05, 3.63) is 48.0 Å². The molecule has 23 heavy (non-hydrogen) atoms. The number of rotatable bonds is 5. The van der Waals surface area contributed by atoms with Crippen molar-refractivity contribution < 1.29 is 18.3 Å². The quantitative estimate of drug-likeness (QED) is 0.790. The Morgan fingerprint density at radius 2 is 1.91 bits per heavy atom. The fourth-order valence-corrected chi connectivity index (χ4v) is 2.14. The Bertz CT molecular complexity index is 696. The van der Waals surface area contributed by atoms with E-state index in [0.717, 1.165) is 5.56 Å². The van der Waals surface area contributed by atoms with Gasteiger partial charge in [0, 0.05) is 11.8 Å². The minimum absolute atomic E-state index is 0.0368. The van der Waals surface area contributed by atoms with Crippen molar-refractivity contribution in [2.45, 2.75) is 13.5 Å². The minimum Gasteiger partial charge on any atom is -0.497 e. The zero-order valence-electron chi connectivity index (χ0n) is 12.6. The Morgan fingerprint density at radius 1 is 1.13 bits per heavy atom. The number of ether oxygens (including phenoxy) is 2. The maximum Gasteiger partial charge on any atom is 0.387 e. The molecule has 2 rings (SSSR count). The number of halogens is 2. The van der Waals surface area contributed by atoms with E-state index in [2.05, 4.69) is 15.4 Å². The average Bonchev–Trinajstić information content (AvgIpc) is 2.49. The van der Waals surface area contributed by atoms with Gasteiger partial charge in [-0.2, -0.15) is 8.78 Å². The van der Waals surface area contributed by atoms with Crippen molar-refractivity contribution in [3.8, 4) is 11.5 Å². The van der Waals surface area contributed by atoms with Crippen LogP contribution in [0.2, 0.25) is 0 Å². The van der Waals surface area contributed by atoms with Gasteiger partial charge in [-0.15, -0.1) is 0 Å². The molecule has 0 aromatic heterocycles. The number of aryl methyl sites for hydroxylation is 1. The van der Waals surface area contributed by atoms with Gasteiger partial charge in [-0.3, -0.25) is 0 Å². The molecule has 0 radical (unpaired) electrons. The number of anilines is 2. The van der Waals surface area contributed by atoms with E-state index in [1.165, 1.54) is 6.07 Å². The number of nitrogens with one attached hydrogen (secondary N) is 2. The molecule has 7 heteroatoms. The van der Waals surface area contributed by atoms with E-state index < -0.39 is 6.61 Å². The average molecular weight is 338 g/mol. The molecule has 122 valence electrons. The first-order valence-corrected chi connectivity index (χ1v) is 7.16. The Kier molecular flexibility index (Phi) is 5.70. The van der Waals surface area contributed by atoms with Crippen molar-refractivity contribution in [2.24, 2.45) is 0 Å². The molecular formula is C16H16F2N2O2S. The predicted octanol–water partition coefficient (Wildman–Crippen LogP) is 4.41. The van der Waals surface area contributed by atoms with Gasteiger partial charge in [0.1, 0.15) is 11.5 Å². The van der Waals surface area contributed by atoms with E-state index in [0.29, 0.717) is 17.1 Å². The maximum absolute atomic E-state index is 12.5. The zero-order valence-corrected chi connectivity index (χ0v) is 13.4. The second-order valence-corrected chi connectivity index (χ2v) is 5.10. The molecular weight excluding hydrogens is 322 g/mol. The Balaban J connectivity index is 2.10. The Hall–Kier alpha value is -2.41. The van der Waals surface area contributed by atoms with Crippen LogP contribution in [0.3, 0.4) is 0 Å². The van der Waals surface area contributed by atoms with E-state index in [-0.39, 0.29) is 10.9 Å².